The molecular formula is C17H12ClNO4. The molecule has 0 aromatic heterocycles. The second-order valence-electron chi connectivity index (χ2n) is 4.39. The molecule has 0 amide bonds. The Hall–Kier alpha value is -2.92. The highest BCUT2D eigenvalue weighted by atomic mass is 35.5. The topological polar surface area (TPSA) is 69.4 Å². The van der Waals surface area contributed by atoms with E-state index in [4.69, 9.17) is 16.3 Å². The van der Waals surface area contributed by atoms with E-state index in [1.165, 1.54) is 12.2 Å². The normalized spacial score (nSPS) is 11.4. The maximum Gasteiger partial charge on any atom is 0.344 e. The van der Waals surface area contributed by atoms with E-state index < -0.39 is 10.9 Å². The van der Waals surface area contributed by atoms with Gasteiger partial charge in [-0.3, -0.25) is 10.1 Å². The average molecular weight is 330 g/mol. The monoisotopic (exact) mass is 329 g/mol. The fourth-order valence-electron chi connectivity index (χ4n) is 1.81. The summed E-state index contributed by atoms with van der Waals surface area (Å²) in [6, 6.07) is 15.3. The summed E-state index contributed by atoms with van der Waals surface area (Å²) in [5.41, 5.74) is 0.704. The fraction of sp³-hybridized carbons (Fsp3) is 0. The van der Waals surface area contributed by atoms with Gasteiger partial charge in [-0.05, 0) is 24.3 Å². The van der Waals surface area contributed by atoms with Crippen molar-refractivity contribution in [3.8, 4) is 5.75 Å². The lowest BCUT2D eigenvalue weighted by Gasteiger charge is -2.08. The lowest BCUT2D eigenvalue weighted by Crippen LogP contribution is -2.10. The van der Waals surface area contributed by atoms with Crippen LogP contribution in [0.1, 0.15) is 15.9 Å². The van der Waals surface area contributed by atoms with Gasteiger partial charge in [0.15, 0.2) is 0 Å². The molecule has 0 atom stereocenters. The minimum Gasteiger partial charge on any atom is -0.423 e. The van der Waals surface area contributed by atoms with Gasteiger partial charge in [0.25, 0.3) is 0 Å². The van der Waals surface area contributed by atoms with E-state index in [-0.39, 0.29) is 10.6 Å². The van der Waals surface area contributed by atoms with Gasteiger partial charge in [0, 0.05) is 16.7 Å². The standard InChI is InChI=1S/C17H12ClNO4/c18-16(11-6-12-19(21)22)14-9-4-5-10-15(14)17(20)23-13-7-2-1-3-8-13/h1-12H. The van der Waals surface area contributed by atoms with Crippen LogP contribution in [0.25, 0.3) is 5.03 Å². The van der Waals surface area contributed by atoms with Gasteiger partial charge in [-0.2, -0.15) is 0 Å². The number of carbonyl (C=O) groups is 1. The van der Waals surface area contributed by atoms with Gasteiger partial charge in [-0.25, -0.2) is 4.79 Å². The number of para-hydroxylation sites is 1. The number of ether oxygens (including phenoxy) is 1. The number of halogens is 1. The highest BCUT2D eigenvalue weighted by molar-refractivity contribution is 6.49. The van der Waals surface area contributed by atoms with Crippen LogP contribution in [0.3, 0.4) is 0 Å². The lowest BCUT2D eigenvalue weighted by molar-refractivity contribution is -0.402. The molecule has 5 nitrogen and oxygen atoms in total. The van der Waals surface area contributed by atoms with E-state index in [9.17, 15) is 14.9 Å². The molecule has 2 aromatic rings. The first kappa shape index (κ1) is 16.5. The maximum atomic E-state index is 12.3. The zero-order valence-electron chi connectivity index (χ0n) is 11.9. The van der Waals surface area contributed by atoms with Crippen molar-refractivity contribution >= 4 is 22.6 Å². The van der Waals surface area contributed by atoms with E-state index in [1.54, 1.807) is 48.5 Å². The molecule has 0 radical (unpaired) electrons. The van der Waals surface area contributed by atoms with Gasteiger partial charge in [0.2, 0.25) is 6.20 Å². The summed E-state index contributed by atoms with van der Waals surface area (Å²) in [4.78, 5) is 22.0. The van der Waals surface area contributed by atoms with E-state index in [1.807, 2.05) is 6.07 Å². The Bertz CT molecular complexity index is 769. The molecule has 0 bridgehead atoms. The first-order valence-corrected chi connectivity index (χ1v) is 7.00. The third-order valence-electron chi connectivity index (χ3n) is 2.81. The number of rotatable bonds is 5. The summed E-state index contributed by atoms with van der Waals surface area (Å²) in [5, 5.41) is 10.5. The summed E-state index contributed by atoms with van der Waals surface area (Å²) >= 11 is 6.12. The van der Waals surface area contributed by atoms with Crippen molar-refractivity contribution in [1.29, 1.82) is 0 Å². The molecule has 0 aliphatic heterocycles. The summed E-state index contributed by atoms with van der Waals surface area (Å²) in [6.07, 6.45) is 3.30. The number of allylic oxidation sites excluding steroid dienone is 2. The largest absolute Gasteiger partial charge is 0.423 e. The molecule has 0 spiro atoms. The van der Waals surface area contributed by atoms with Crippen LogP contribution in [-0.2, 0) is 0 Å². The summed E-state index contributed by atoms with van der Waals surface area (Å²) in [7, 11) is 0. The van der Waals surface area contributed by atoms with Crippen molar-refractivity contribution in [1.82, 2.24) is 0 Å². The zero-order chi connectivity index (χ0) is 16.7. The maximum absolute atomic E-state index is 12.3. The zero-order valence-corrected chi connectivity index (χ0v) is 12.6. The molecular weight excluding hydrogens is 318 g/mol. The second-order valence-corrected chi connectivity index (χ2v) is 4.80. The van der Waals surface area contributed by atoms with Gasteiger partial charge >= 0.3 is 5.97 Å². The molecule has 2 rings (SSSR count). The molecule has 23 heavy (non-hydrogen) atoms. The van der Waals surface area contributed by atoms with Gasteiger partial charge in [-0.1, -0.05) is 48.0 Å². The van der Waals surface area contributed by atoms with Crippen molar-refractivity contribution in [2.75, 3.05) is 0 Å². The molecule has 0 unspecified atom stereocenters. The summed E-state index contributed by atoms with van der Waals surface area (Å²) < 4.78 is 5.28. The van der Waals surface area contributed by atoms with Crippen LogP contribution in [0.2, 0.25) is 0 Å². The highest BCUT2D eigenvalue weighted by Crippen LogP contribution is 2.24. The SMILES string of the molecule is O=C(Oc1ccccc1)c1ccccc1C(Cl)=CC=C[N+](=O)[O-]. The van der Waals surface area contributed by atoms with Gasteiger partial charge < -0.3 is 4.74 Å². The van der Waals surface area contributed by atoms with Crippen LogP contribution in [-0.4, -0.2) is 10.9 Å². The molecule has 116 valence electrons. The predicted molar refractivity (Wildman–Crippen MR) is 87.8 cm³/mol. The Morgan fingerprint density at radius 3 is 2.30 bits per heavy atom. The number of esters is 1. The molecule has 0 aliphatic carbocycles. The average Bonchev–Trinajstić information content (AvgIpc) is 2.55. The minimum atomic E-state index is -0.601. The summed E-state index contributed by atoms with van der Waals surface area (Å²) in [5.74, 6) is -0.141. The van der Waals surface area contributed by atoms with E-state index in [2.05, 4.69) is 0 Å². The molecule has 0 N–H and O–H groups in total. The van der Waals surface area contributed by atoms with E-state index in [0.717, 1.165) is 6.20 Å². The minimum absolute atomic E-state index is 0.198. The smallest absolute Gasteiger partial charge is 0.344 e. The highest BCUT2D eigenvalue weighted by Gasteiger charge is 2.14. The molecule has 0 saturated heterocycles. The Kier molecular flexibility index (Phi) is 5.66. The molecule has 0 aliphatic rings. The number of nitro groups is 1. The van der Waals surface area contributed by atoms with Crippen LogP contribution in [0, 0.1) is 10.1 Å². The van der Waals surface area contributed by atoms with Crippen LogP contribution in [0.15, 0.2) is 72.9 Å². The quantitative estimate of drug-likeness (QED) is 0.270. The number of hydrogen-bond donors (Lipinski definition) is 0. The lowest BCUT2D eigenvalue weighted by atomic mass is 10.1. The number of nitrogens with zero attached hydrogens (tertiary/aromatic N) is 1. The number of hydrogen-bond acceptors (Lipinski definition) is 4. The Balaban J connectivity index is 2.26. The molecule has 0 saturated carbocycles. The van der Waals surface area contributed by atoms with Crippen molar-refractivity contribution in [2.45, 2.75) is 0 Å². The third-order valence-corrected chi connectivity index (χ3v) is 3.14. The van der Waals surface area contributed by atoms with E-state index in [0.29, 0.717) is 11.3 Å². The molecule has 0 heterocycles. The first-order valence-electron chi connectivity index (χ1n) is 6.62. The first-order chi connectivity index (χ1) is 11.1. The molecule has 0 fully saturated rings. The van der Waals surface area contributed by atoms with Crippen LogP contribution < -0.4 is 4.74 Å². The van der Waals surface area contributed by atoms with Gasteiger partial charge in [-0.15, -0.1) is 0 Å². The number of benzene rings is 2. The molecule has 6 heteroatoms. The summed E-state index contributed by atoms with van der Waals surface area (Å²) in [6.45, 7) is 0. The van der Waals surface area contributed by atoms with Gasteiger partial charge in [0.05, 0.1) is 10.5 Å². The van der Waals surface area contributed by atoms with Crippen molar-refractivity contribution in [2.24, 2.45) is 0 Å². The number of carbonyl (C=O) groups excluding carboxylic acids is 1. The van der Waals surface area contributed by atoms with Crippen LogP contribution >= 0.6 is 11.6 Å². The van der Waals surface area contributed by atoms with Crippen LogP contribution in [0.5, 0.6) is 5.75 Å². The Morgan fingerprint density at radius 1 is 1.04 bits per heavy atom. The molecule has 2 aromatic carbocycles. The van der Waals surface area contributed by atoms with E-state index >= 15 is 0 Å². The second kappa shape index (κ2) is 7.91. The Labute approximate surface area is 137 Å². The third kappa shape index (κ3) is 4.79. The van der Waals surface area contributed by atoms with Gasteiger partial charge in [0.1, 0.15) is 5.75 Å². The van der Waals surface area contributed by atoms with Crippen LogP contribution in [0.4, 0.5) is 0 Å². The fourth-order valence-corrected chi connectivity index (χ4v) is 2.05. The Morgan fingerprint density at radius 2 is 1.65 bits per heavy atom. The van der Waals surface area contributed by atoms with Crippen molar-refractivity contribution in [3.63, 3.8) is 0 Å². The predicted octanol–water partition coefficient (Wildman–Crippen LogP) is 4.28. The van der Waals surface area contributed by atoms with Crippen molar-refractivity contribution < 1.29 is 14.5 Å². The van der Waals surface area contributed by atoms with Crippen molar-refractivity contribution in [3.05, 3.63) is 94.2 Å².